The molecule has 1 rings (SSSR count). The standard InChI is InChI=1S/C12H22N2O/c1-4-5-10(13)11(15)14-8-6-12(2,3)7-9-14/h4,10H,1,5-9,13H2,2-3H3. The van der Waals surface area contributed by atoms with E-state index in [1.54, 1.807) is 6.08 Å². The van der Waals surface area contributed by atoms with E-state index in [0.717, 1.165) is 25.9 Å². The van der Waals surface area contributed by atoms with Crippen molar-refractivity contribution >= 4 is 5.91 Å². The van der Waals surface area contributed by atoms with E-state index in [2.05, 4.69) is 20.4 Å². The third kappa shape index (κ3) is 3.34. The maximum atomic E-state index is 11.9. The van der Waals surface area contributed by atoms with Gasteiger partial charge >= 0.3 is 0 Å². The molecule has 1 amide bonds. The summed E-state index contributed by atoms with van der Waals surface area (Å²) in [7, 11) is 0. The summed E-state index contributed by atoms with van der Waals surface area (Å²) in [5.41, 5.74) is 6.14. The van der Waals surface area contributed by atoms with E-state index in [1.165, 1.54) is 0 Å². The van der Waals surface area contributed by atoms with Crippen LogP contribution in [0.5, 0.6) is 0 Å². The molecule has 0 aromatic rings. The van der Waals surface area contributed by atoms with Crippen molar-refractivity contribution in [1.29, 1.82) is 0 Å². The molecular formula is C12H22N2O. The van der Waals surface area contributed by atoms with Crippen LogP contribution < -0.4 is 5.73 Å². The first kappa shape index (κ1) is 12.2. The summed E-state index contributed by atoms with van der Waals surface area (Å²) in [5.74, 6) is 0.0744. The lowest BCUT2D eigenvalue weighted by Gasteiger charge is -2.37. The van der Waals surface area contributed by atoms with E-state index < -0.39 is 6.04 Å². The second-order valence-electron chi connectivity index (χ2n) is 5.12. The quantitative estimate of drug-likeness (QED) is 0.718. The van der Waals surface area contributed by atoms with E-state index in [4.69, 9.17) is 5.73 Å². The Morgan fingerprint density at radius 3 is 2.53 bits per heavy atom. The molecule has 2 N–H and O–H groups in total. The molecule has 0 saturated carbocycles. The predicted molar refractivity (Wildman–Crippen MR) is 62.4 cm³/mol. The van der Waals surface area contributed by atoms with Gasteiger partial charge in [-0.05, 0) is 24.7 Å². The average Bonchev–Trinajstić information content (AvgIpc) is 2.17. The van der Waals surface area contributed by atoms with Gasteiger partial charge in [0.15, 0.2) is 0 Å². The number of piperidine rings is 1. The molecule has 0 aliphatic carbocycles. The number of amides is 1. The van der Waals surface area contributed by atoms with Gasteiger partial charge in [0.2, 0.25) is 5.91 Å². The van der Waals surface area contributed by atoms with Crippen LogP contribution in [-0.2, 0) is 4.79 Å². The number of nitrogens with two attached hydrogens (primary N) is 1. The molecule has 0 radical (unpaired) electrons. The minimum Gasteiger partial charge on any atom is -0.341 e. The Labute approximate surface area is 92.3 Å². The van der Waals surface area contributed by atoms with E-state index in [9.17, 15) is 4.79 Å². The molecule has 0 aromatic carbocycles. The van der Waals surface area contributed by atoms with Crippen molar-refractivity contribution in [3.8, 4) is 0 Å². The molecule has 0 spiro atoms. The third-order valence-electron chi connectivity index (χ3n) is 3.17. The number of likely N-dealkylation sites (tertiary alicyclic amines) is 1. The van der Waals surface area contributed by atoms with Crippen LogP contribution in [0.15, 0.2) is 12.7 Å². The van der Waals surface area contributed by atoms with Crippen LogP contribution in [0.2, 0.25) is 0 Å². The summed E-state index contributed by atoms with van der Waals surface area (Å²) >= 11 is 0. The van der Waals surface area contributed by atoms with Gasteiger partial charge in [0, 0.05) is 13.1 Å². The minimum atomic E-state index is -0.399. The first-order chi connectivity index (χ1) is 6.96. The smallest absolute Gasteiger partial charge is 0.239 e. The topological polar surface area (TPSA) is 46.3 Å². The molecule has 1 atom stereocenters. The molecule has 15 heavy (non-hydrogen) atoms. The third-order valence-corrected chi connectivity index (χ3v) is 3.17. The summed E-state index contributed by atoms with van der Waals surface area (Å²) in [5, 5.41) is 0. The van der Waals surface area contributed by atoms with E-state index in [1.807, 2.05) is 4.90 Å². The Kier molecular flexibility index (Phi) is 3.91. The fourth-order valence-electron chi connectivity index (χ4n) is 1.85. The van der Waals surface area contributed by atoms with Crippen molar-refractivity contribution in [3.05, 3.63) is 12.7 Å². The molecule has 1 fully saturated rings. The van der Waals surface area contributed by atoms with Crippen molar-refractivity contribution in [2.24, 2.45) is 11.1 Å². The number of hydrogen-bond donors (Lipinski definition) is 1. The van der Waals surface area contributed by atoms with Crippen LogP contribution in [0.25, 0.3) is 0 Å². The monoisotopic (exact) mass is 210 g/mol. The van der Waals surface area contributed by atoms with Gasteiger partial charge in [0.1, 0.15) is 0 Å². The summed E-state index contributed by atoms with van der Waals surface area (Å²) < 4.78 is 0. The summed E-state index contributed by atoms with van der Waals surface area (Å²) in [6.07, 6.45) is 4.41. The minimum absolute atomic E-state index is 0.0744. The predicted octanol–water partition coefficient (Wildman–Crippen LogP) is 1.54. The molecule has 1 saturated heterocycles. The van der Waals surface area contributed by atoms with Gasteiger partial charge in [0.25, 0.3) is 0 Å². The van der Waals surface area contributed by atoms with Crippen LogP contribution in [-0.4, -0.2) is 29.9 Å². The summed E-state index contributed by atoms with van der Waals surface area (Å²) in [4.78, 5) is 13.7. The van der Waals surface area contributed by atoms with Crippen molar-refractivity contribution in [3.63, 3.8) is 0 Å². The molecule has 1 heterocycles. The van der Waals surface area contributed by atoms with Crippen molar-refractivity contribution in [1.82, 2.24) is 4.90 Å². The summed E-state index contributed by atoms with van der Waals surface area (Å²) in [6, 6.07) is -0.399. The van der Waals surface area contributed by atoms with Crippen LogP contribution in [0.3, 0.4) is 0 Å². The number of carbonyl (C=O) groups excluding carboxylic acids is 1. The van der Waals surface area contributed by atoms with Crippen molar-refractivity contribution in [2.45, 2.75) is 39.2 Å². The Bertz CT molecular complexity index is 238. The zero-order valence-corrected chi connectivity index (χ0v) is 9.83. The van der Waals surface area contributed by atoms with Gasteiger partial charge in [-0.15, -0.1) is 6.58 Å². The zero-order chi connectivity index (χ0) is 11.5. The number of rotatable bonds is 3. The maximum absolute atomic E-state index is 11.9. The number of hydrogen-bond acceptors (Lipinski definition) is 2. The molecule has 1 aliphatic heterocycles. The molecule has 1 unspecified atom stereocenters. The Morgan fingerprint density at radius 2 is 2.07 bits per heavy atom. The highest BCUT2D eigenvalue weighted by Gasteiger charge is 2.29. The highest BCUT2D eigenvalue weighted by atomic mass is 16.2. The van der Waals surface area contributed by atoms with Crippen molar-refractivity contribution < 1.29 is 4.79 Å². The lowest BCUT2D eigenvalue weighted by Crippen LogP contribution is -2.48. The lowest BCUT2D eigenvalue weighted by atomic mass is 9.82. The van der Waals surface area contributed by atoms with Gasteiger partial charge in [-0.3, -0.25) is 4.79 Å². The Balaban J connectivity index is 2.46. The van der Waals surface area contributed by atoms with E-state index >= 15 is 0 Å². The average molecular weight is 210 g/mol. The Hall–Kier alpha value is -0.830. The van der Waals surface area contributed by atoms with Crippen LogP contribution >= 0.6 is 0 Å². The molecule has 0 aromatic heterocycles. The van der Waals surface area contributed by atoms with Gasteiger partial charge in [-0.25, -0.2) is 0 Å². The van der Waals surface area contributed by atoms with Crippen LogP contribution in [0.4, 0.5) is 0 Å². The van der Waals surface area contributed by atoms with Gasteiger partial charge in [0.05, 0.1) is 6.04 Å². The second-order valence-corrected chi connectivity index (χ2v) is 5.12. The molecular weight excluding hydrogens is 188 g/mol. The van der Waals surface area contributed by atoms with E-state index in [-0.39, 0.29) is 5.91 Å². The van der Waals surface area contributed by atoms with Gasteiger partial charge < -0.3 is 10.6 Å². The first-order valence-electron chi connectivity index (χ1n) is 5.61. The maximum Gasteiger partial charge on any atom is 0.239 e. The highest BCUT2D eigenvalue weighted by Crippen LogP contribution is 2.29. The van der Waals surface area contributed by atoms with Crippen LogP contribution in [0, 0.1) is 5.41 Å². The molecule has 0 bridgehead atoms. The van der Waals surface area contributed by atoms with Crippen molar-refractivity contribution in [2.75, 3.05) is 13.1 Å². The number of nitrogens with zero attached hydrogens (tertiary/aromatic N) is 1. The normalized spacial score (nSPS) is 22.2. The highest BCUT2D eigenvalue weighted by molar-refractivity contribution is 5.81. The SMILES string of the molecule is C=CCC(N)C(=O)N1CCC(C)(C)CC1. The Morgan fingerprint density at radius 1 is 1.53 bits per heavy atom. The lowest BCUT2D eigenvalue weighted by molar-refractivity contribution is -0.134. The van der Waals surface area contributed by atoms with Crippen LogP contribution in [0.1, 0.15) is 33.1 Å². The molecule has 3 nitrogen and oxygen atoms in total. The zero-order valence-electron chi connectivity index (χ0n) is 9.83. The largest absolute Gasteiger partial charge is 0.341 e. The van der Waals surface area contributed by atoms with E-state index in [0.29, 0.717) is 11.8 Å². The van der Waals surface area contributed by atoms with Gasteiger partial charge in [-0.2, -0.15) is 0 Å². The molecule has 1 aliphatic rings. The number of carbonyl (C=O) groups is 1. The van der Waals surface area contributed by atoms with Gasteiger partial charge in [-0.1, -0.05) is 19.9 Å². The second kappa shape index (κ2) is 4.79. The summed E-state index contributed by atoms with van der Waals surface area (Å²) in [6.45, 7) is 9.79. The fourth-order valence-corrected chi connectivity index (χ4v) is 1.85. The molecule has 86 valence electrons. The molecule has 3 heteroatoms. The fraction of sp³-hybridized carbons (Fsp3) is 0.750. The first-order valence-corrected chi connectivity index (χ1v) is 5.61.